The standard InChI is InChI=1S/C12H9FN.C11H6F2N.2C5H5NS.2Pt/c1-9-5-6-10(11(13)8-9)12-4-2-3-7-14-12;12-8-4-5-9(10(13)7-8)11-3-1-2-6-14-11;2*7-5-3-1-2-4-6-5;;/h2-5,7-8H,1H3;1-4,6-7H;2*1-4H,(H,6,7);;/q2*-1;;;2*+2/p-2. The molecule has 44 heavy (non-hydrogen) atoms. The molecule has 2 aromatic carbocycles. The summed E-state index contributed by atoms with van der Waals surface area (Å²) in [5.74, 6) is -1.56. The molecular weight excluding hydrogens is 964 g/mol. The van der Waals surface area contributed by atoms with Crippen LogP contribution in [0.3, 0.4) is 0 Å². The van der Waals surface area contributed by atoms with Crippen LogP contribution in [0.2, 0.25) is 0 Å². The summed E-state index contributed by atoms with van der Waals surface area (Å²) in [6.45, 7) is 1.84. The number of nitrogens with zero attached hydrogens (tertiary/aromatic N) is 4. The van der Waals surface area contributed by atoms with Gasteiger partial charge in [0.1, 0.15) is 0 Å². The van der Waals surface area contributed by atoms with Crippen molar-refractivity contribution in [1.82, 2.24) is 19.9 Å². The zero-order chi connectivity index (χ0) is 30.2. The summed E-state index contributed by atoms with van der Waals surface area (Å²) in [6, 6.07) is 32.1. The summed E-state index contributed by atoms with van der Waals surface area (Å²) < 4.78 is 39.3. The maximum absolute atomic E-state index is 13.5. The van der Waals surface area contributed by atoms with Crippen molar-refractivity contribution in [3.05, 3.63) is 157 Å². The second-order valence-corrected chi connectivity index (χ2v) is 9.04. The van der Waals surface area contributed by atoms with Gasteiger partial charge in [0.25, 0.3) is 0 Å². The molecule has 0 radical (unpaired) electrons. The van der Waals surface area contributed by atoms with E-state index in [0.29, 0.717) is 27.0 Å². The smallest absolute Gasteiger partial charge is 0.760 e. The first kappa shape index (κ1) is 38.7. The third-order valence-electron chi connectivity index (χ3n) is 5.01. The van der Waals surface area contributed by atoms with E-state index in [1.807, 2.05) is 37.3 Å². The van der Waals surface area contributed by atoms with Crippen LogP contribution in [-0.4, -0.2) is 19.9 Å². The molecule has 0 amide bonds. The SMILES string of the molecule is Cc1c[c-]c(-c2ccccn2)c(F)c1.Fc1c[c-]c(-c2ccccn2)c(F)c1.[Pt+2].[Pt+2].[S-]c1ccccn1.[S-]c1ccccn1. The summed E-state index contributed by atoms with van der Waals surface area (Å²) in [5, 5.41) is 1.31. The molecule has 6 aromatic rings. The predicted molar refractivity (Wildman–Crippen MR) is 161 cm³/mol. The summed E-state index contributed by atoms with van der Waals surface area (Å²) in [5.41, 5.74) is 2.54. The first-order chi connectivity index (χ1) is 20.3. The molecule has 0 aliphatic rings. The van der Waals surface area contributed by atoms with Crippen molar-refractivity contribution in [1.29, 1.82) is 0 Å². The van der Waals surface area contributed by atoms with Gasteiger partial charge in [0.05, 0.1) is 0 Å². The number of hydrogen-bond acceptors (Lipinski definition) is 6. The Bertz CT molecular complexity index is 1520. The Morgan fingerprint density at radius 1 is 0.545 bits per heavy atom. The summed E-state index contributed by atoms with van der Waals surface area (Å²) in [6.07, 6.45) is 6.55. The first-order valence-electron chi connectivity index (χ1n) is 12.4. The van der Waals surface area contributed by atoms with Gasteiger partial charge in [-0.15, -0.1) is 35.9 Å². The third kappa shape index (κ3) is 14.0. The van der Waals surface area contributed by atoms with Crippen LogP contribution in [0.5, 0.6) is 0 Å². The number of benzene rings is 2. The van der Waals surface area contributed by atoms with Crippen molar-refractivity contribution in [3.63, 3.8) is 0 Å². The average molecular weight is 987 g/mol. The van der Waals surface area contributed by atoms with E-state index in [1.165, 1.54) is 6.07 Å². The van der Waals surface area contributed by atoms with Gasteiger partial charge in [-0.25, -0.2) is 0 Å². The van der Waals surface area contributed by atoms with Crippen LogP contribution in [0, 0.1) is 36.5 Å². The zero-order valence-electron chi connectivity index (χ0n) is 22.9. The maximum atomic E-state index is 13.5. The van der Waals surface area contributed by atoms with E-state index in [4.69, 9.17) is 25.3 Å². The number of pyridine rings is 4. The number of aryl methyl sites for hydroxylation is 1. The van der Waals surface area contributed by atoms with E-state index in [0.717, 1.165) is 17.7 Å². The molecule has 0 aliphatic heterocycles. The Balaban J connectivity index is 0.000000303. The van der Waals surface area contributed by atoms with Crippen LogP contribution in [-0.2, 0) is 67.4 Å². The van der Waals surface area contributed by atoms with Crippen molar-refractivity contribution in [2.75, 3.05) is 0 Å². The molecule has 4 heterocycles. The number of aromatic nitrogens is 4. The molecule has 0 bridgehead atoms. The number of rotatable bonds is 2. The van der Waals surface area contributed by atoms with Gasteiger partial charge in [0.2, 0.25) is 0 Å². The van der Waals surface area contributed by atoms with Gasteiger partial charge in [-0.1, -0.05) is 82.7 Å². The fraction of sp³-hybridized carbons (Fsp3) is 0.0303. The van der Waals surface area contributed by atoms with Crippen molar-refractivity contribution in [3.8, 4) is 22.5 Å². The van der Waals surface area contributed by atoms with E-state index in [2.05, 4.69) is 32.1 Å². The summed E-state index contributed by atoms with van der Waals surface area (Å²) in [7, 11) is 0. The average Bonchev–Trinajstić information content (AvgIpc) is 3.00. The second kappa shape index (κ2) is 21.4. The van der Waals surface area contributed by atoms with E-state index in [9.17, 15) is 13.2 Å². The molecule has 0 unspecified atom stereocenters. The van der Waals surface area contributed by atoms with Crippen LogP contribution in [0.25, 0.3) is 22.5 Å². The fourth-order valence-corrected chi connectivity index (χ4v) is 3.40. The Morgan fingerprint density at radius 3 is 1.27 bits per heavy atom. The Kier molecular flexibility index (Phi) is 18.8. The quantitative estimate of drug-likeness (QED) is 0.131. The molecule has 4 aromatic heterocycles. The molecule has 0 N–H and O–H groups in total. The minimum absolute atomic E-state index is 0. The molecule has 0 saturated heterocycles. The monoisotopic (exact) mass is 986 g/mol. The van der Waals surface area contributed by atoms with Gasteiger partial charge in [0.15, 0.2) is 0 Å². The van der Waals surface area contributed by atoms with E-state index < -0.39 is 11.6 Å². The predicted octanol–water partition coefficient (Wildman–Crippen LogP) is 7.79. The molecule has 0 saturated carbocycles. The van der Waals surface area contributed by atoms with E-state index in [-0.39, 0.29) is 53.5 Å². The Morgan fingerprint density at radius 2 is 0.955 bits per heavy atom. The van der Waals surface area contributed by atoms with Crippen LogP contribution in [0.15, 0.2) is 132 Å². The summed E-state index contributed by atoms with van der Waals surface area (Å²) >= 11 is 9.40. The van der Waals surface area contributed by atoms with Crippen molar-refractivity contribution >= 4 is 25.3 Å². The van der Waals surface area contributed by atoms with Crippen LogP contribution in [0.1, 0.15) is 5.56 Å². The minimum atomic E-state index is -0.649. The Labute approximate surface area is 295 Å². The van der Waals surface area contributed by atoms with Gasteiger partial charge in [0, 0.05) is 42.2 Å². The van der Waals surface area contributed by atoms with Gasteiger partial charge in [-0.2, -0.15) is 0 Å². The largest absolute Gasteiger partial charge is 2.00 e. The second-order valence-electron chi connectivity index (χ2n) is 8.21. The van der Waals surface area contributed by atoms with Crippen LogP contribution >= 0.6 is 0 Å². The molecule has 0 spiro atoms. The first-order valence-corrected chi connectivity index (χ1v) is 13.2. The van der Waals surface area contributed by atoms with Gasteiger partial charge >= 0.3 is 42.1 Å². The van der Waals surface area contributed by atoms with Crippen LogP contribution < -0.4 is 0 Å². The van der Waals surface area contributed by atoms with Gasteiger partial charge in [-0.05, 0) is 35.7 Å². The number of hydrogen-bond donors (Lipinski definition) is 0. The number of halogens is 3. The molecule has 6 rings (SSSR count). The topological polar surface area (TPSA) is 51.6 Å². The zero-order valence-corrected chi connectivity index (χ0v) is 29.1. The normalized spacial score (nSPS) is 9.18. The summed E-state index contributed by atoms with van der Waals surface area (Å²) in [4.78, 5) is 15.6. The van der Waals surface area contributed by atoms with E-state index >= 15 is 0 Å². The van der Waals surface area contributed by atoms with Crippen molar-refractivity contribution in [2.24, 2.45) is 0 Å². The van der Waals surface area contributed by atoms with Crippen molar-refractivity contribution in [2.45, 2.75) is 17.0 Å². The third-order valence-corrected chi connectivity index (χ3v) is 5.50. The van der Waals surface area contributed by atoms with Gasteiger partial charge < -0.3 is 35.2 Å². The van der Waals surface area contributed by atoms with E-state index in [1.54, 1.807) is 73.3 Å². The molecular formula is C33H23F3N4Pt2S2. The van der Waals surface area contributed by atoms with Gasteiger partial charge in [-0.3, -0.25) is 23.1 Å². The molecule has 11 heteroatoms. The minimum Gasteiger partial charge on any atom is -0.760 e. The Hall–Kier alpha value is -3.35. The van der Waals surface area contributed by atoms with Crippen molar-refractivity contribution < 1.29 is 55.3 Å². The molecule has 0 fully saturated rings. The molecule has 4 nitrogen and oxygen atoms in total. The van der Waals surface area contributed by atoms with Crippen LogP contribution in [0.4, 0.5) is 13.2 Å². The maximum Gasteiger partial charge on any atom is 2.00 e. The molecule has 0 atom stereocenters. The molecule has 0 aliphatic carbocycles. The molecule has 228 valence electrons. The fourth-order valence-electron chi connectivity index (χ4n) is 3.12.